The van der Waals surface area contributed by atoms with Crippen LogP contribution in [0.5, 0.6) is 0 Å². The van der Waals surface area contributed by atoms with Crippen LogP contribution in [-0.4, -0.2) is 68.0 Å². The highest BCUT2D eigenvalue weighted by molar-refractivity contribution is 6.13. The Morgan fingerprint density at radius 1 is 1.39 bits per heavy atom. The number of nitrogens with zero attached hydrogens (tertiary/aromatic N) is 4. The molecule has 2 atom stereocenters. The van der Waals surface area contributed by atoms with Crippen molar-refractivity contribution in [3.63, 3.8) is 0 Å². The molecule has 10 nitrogen and oxygen atoms in total. The van der Waals surface area contributed by atoms with Crippen molar-refractivity contribution in [2.75, 3.05) is 18.9 Å². The molecule has 1 aliphatic rings. The van der Waals surface area contributed by atoms with Gasteiger partial charge in [0.1, 0.15) is 5.52 Å². The van der Waals surface area contributed by atoms with Gasteiger partial charge in [-0.2, -0.15) is 4.99 Å². The summed E-state index contributed by atoms with van der Waals surface area (Å²) in [5, 5.41) is 16.7. The molecule has 1 fully saturated rings. The number of amides is 2. The number of aliphatic hydroxyl groups is 1. The van der Waals surface area contributed by atoms with Crippen LogP contribution in [-0.2, 0) is 4.79 Å². The van der Waals surface area contributed by atoms with E-state index in [0.717, 1.165) is 19.3 Å². The zero-order valence-electron chi connectivity index (χ0n) is 18.5. The van der Waals surface area contributed by atoms with E-state index in [-0.39, 0.29) is 30.0 Å². The number of pyridine rings is 1. The Kier molecular flexibility index (Phi) is 6.89. The van der Waals surface area contributed by atoms with Gasteiger partial charge in [-0.1, -0.05) is 20.3 Å². The summed E-state index contributed by atoms with van der Waals surface area (Å²) in [6.07, 6.45) is 6.74. The molecular weight excluding hydrogens is 398 g/mol. The largest absolute Gasteiger partial charge is 0.390 e. The van der Waals surface area contributed by atoms with Crippen molar-refractivity contribution >= 4 is 34.6 Å². The Morgan fingerprint density at radius 3 is 2.81 bits per heavy atom. The number of fused-ring (bicyclic) bond motifs is 1. The summed E-state index contributed by atoms with van der Waals surface area (Å²) < 4.78 is 0. The molecule has 0 bridgehead atoms. The van der Waals surface area contributed by atoms with E-state index in [4.69, 9.17) is 0 Å². The summed E-state index contributed by atoms with van der Waals surface area (Å²) in [6.45, 7) is 6.23. The average molecular weight is 430 g/mol. The average Bonchev–Trinajstić information content (AvgIpc) is 3.33. The number of hydrogen-bond donors (Lipinski definition) is 4. The molecule has 0 aliphatic carbocycles. The van der Waals surface area contributed by atoms with E-state index in [1.165, 1.54) is 12.5 Å². The third-order valence-electron chi connectivity index (χ3n) is 5.69. The molecule has 0 radical (unpaired) electrons. The Balaban J connectivity index is 1.84. The summed E-state index contributed by atoms with van der Waals surface area (Å²) in [4.78, 5) is 41.6. The highest BCUT2D eigenvalue weighted by Crippen LogP contribution is 2.28. The van der Waals surface area contributed by atoms with Crippen molar-refractivity contribution in [1.29, 1.82) is 0 Å². The summed E-state index contributed by atoms with van der Waals surface area (Å²) in [6, 6.07) is -0.0168. The molecule has 1 saturated heterocycles. The molecule has 2 aromatic heterocycles. The topological polar surface area (TPSA) is 136 Å². The van der Waals surface area contributed by atoms with E-state index in [2.05, 4.69) is 37.5 Å². The maximum atomic E-state index is 12.9. The van der Waals surface area contributed by atoms with Crippen LogP contribution in [0.2, 0.25) is 0 Å². The number of H-pyrrole nitrogens is 1. The minimum absolute atomic E-state index is 0.0168. The summed E-state index contributed by atoms with van der Waals surface area (Å²) in [5.74, 6) is -0.510. The van der Waals surface area contributed by atoms with Gasteiger partial charge in [-0.25, -0.2) is 9.97 Å². The van der Waals surface area contributed by atoms with Gasteiger partial charge in [-0.3, -0.25) is 14.9 Å². The lowest BCUT2D eigenvalue weighted by molar-refractivity contribution is -0.118. The second-order valence-electron chi connectivity index (χ2n) is 8.20. The van der Waals surface area contributed by atoms with Crippen LogP contribution in [0.1, 0.15) is 63.2 Å². The molecule has 31 heavy (non-hydrogen) atoms. The van der Waals surface area contributed by atoms with Gasteiger partial charge in [-0.15, -0.1) is 0 Å². The molecule has 1 aliphatic heterocycles. The molecule has 3 rings (SSSR count). The molecule has 10 heteroatoms. The number of carbonyl (C=O) groups is 2. The van der Waals surface area contributed by atoms with Crippen molar-refractivity contribution in [1.82, 2.24) is 25.2 Å². The first kappa shape index (κ1) is 22.7. The van der Waals surface area contributed by atoms with Crippen LogP contribution in [0.3, 0.4) is 0 Å². The van der Waals surface area contributed by atoms with E-state index >= 15 is 0 Å². The lowest BCUT2D eigenvalue weighted by atomic mass is 9.88. The smallest absolute Gasteiger partial charge is 0.283 e. The summed E-state index contributed by atoms with van der Waals surface area (Å²) in [5.41, 5.74) is 1.27. The van der Waals surface area contributed by atoms with Gasteiger partial charge in [0.15, 0.2) is 5.65 Å². The lowest BCUT2D eigenvalue weighted by Crippen LogP contribution is -2.30. The highest BCUT2D eigenvalue weighted by Gasteiger charge is 2.26. The molecule has 168 valence electrons. The second-order valence-corrected chi connectivity index (χ2v) is 8.20. The number of hydrogen-bond acceptors (Lipinski definition) is 6. The van der Waals surface area contributed by atoms with E-state index < -0.39 is 11.5 Å². The van der Waals surface area contributed by atoms with E-state index in [9.17, 15) is 14.7 Å². The van der Waals surface area contributed by atoms with Gasteiger partial charge in [0.05, 0.1) is 29.7 Å². The van der Waals surface area contributed by atoms with Crippen molar-refractivity contribution < 1.29 is 14.7 Å². The zero-order valence-corrected chi connectivity index (χ0v) is 18.5. The number of aliphatic imine (C=N–C) groups is 1. The third kappa shape index (κ3) is 5.19. The number of nitrogens with one attached hydrogen (secondary N) is 3. The second kappa shape index (κ2) is 9.42. The SMILES string of the molecule is CCC[C@@](O)(CC)CC[C@H](C)Nc1c(C(=O)N=C2NC(=O)CN2C)cnc2nc[nH]c12. The number of aromatic nitrogens is 3. The van der Waals surface area contributed by atoms with Crippen LogP contribution in [0.25, 0.3) is 11.2 Å². The first-order valence-corrected chi connectivity index (χ1v) is 10.7. The predicted molar refractivity (Wildman–Crippen MR) is 119 cm³/mol. The van der Waals surface area contributed by atoms with Crippen LogP contribution >= 0.6 is 0 Å². The molecule has 0 spiro atoms. The molecule has 0 saturated carbocycles. The fourth-order valence-corrected chi connectivity index (χ4v) is 3.77. The number of imidazole rings is 1. The van der Waals surface area contributed by atoms with Crippen LogP contribution in [0.15, 0.2) is 17.5 Å². The Labute approximate surface area is 181 Å². The molecule has 2 amide bonds. The number of guanidine groups is 1. The fourth-order valence-electron chi connectivity index (χ4n) is 3.77. The van der Waals surface area contributed by atoms with Gasteiger partial charge >= 0.3 is 0 Å². The molecular formula is C21H31N7O3. The Morgan fingerprint density at radius 2 is 2.16 bits per heavy atom. The van der Waals surface area contributed by atoms with Crippen LogP contribution < -0.4 is 10.6 Å². The predicted octanol–water partition coefficient (Wildman–Crippen LogP) is 2.04. The van der Waals surface area contributed by atoms with Crippen molar-refractivity contribution in [3.8, 4) is 0 Å². The maximum absolute atomic E-state index is 12.9. The molecule has 0 aromatic carbocycles. The quantitative estimate of drug-likeness (QED) is 0.479. The van der Waals surface area contributed by atoms with Gasteiger partial charge in [0.2, 0.25) is 11.9 Å². The minimum Gasteiger partial charge on any atom is -0.390 e. The number of carbonyl (C=O) groups excluding carboxylic acids is 2. The molecule has 0 unspecified atom stereocenters. The van der Waals surface area contributed by atoms with Crippen molar-refractivity contribution in [3.05, 3.63) is 18.1 Å². The van der Waals surface area contributed by atoms with Crippen LogP contribution in [0, 0.1) is 0 Å². The number of likely N-dealkylation sites (N-methyl/N-ethyl adjacent to an activating group) is 1. The van der Waals surface area contributed by atoms with Crippen LogP contribution in [0.4, 0.5) is 5.69 Å². The van der Waals surface area contributed by atoms with Gasteiger partial charge in [0.25, 0.3) is 5.91 Å². The first-order valence-electron chi connectivity index (χ1n) is 10.7. The first-order chi connectivity index (χ1) is 14.8. The van der Waals surface area contributed by atoms with Gasteiger partial charge < -0.3 is 20.3 Å². The summed E-state index contributed by atoms with van der Waals surface area (Å²) >= 11 is 0. The van der Waals surface area contributed by atoms with E-state index in [1.54, 1.807) is 11.9 Å². The Hall–Kier alpha value is -3.01. The number of aromatic amines is 1. The fraction of sp³-hybridized carbons (Fsp3) is 0.571. The highest BCUT2D eigenvalue weighted by atomic mass is 16.3. The standard InChI is InChI=1S/C21H31N7O3/c1-5-8-21(31,6-2)9-7-13(3)25-16-14(10-22-18-17(16)23-12-24-18)19(30)27-20-26-15(29)11-28(20)4/h10,12-13,31H,5-9,11H2,1-4H3,(H2,22,23,24,25)(H,26,27,29,30)/t13-,21-/m0/s1. The third-order valence-corrected chi connectivity index (χ3v) is 5.69. The molecule has 2 aromatic rings. The molecule has 3 heterocycles. The van der Waals surface area contributed by atoms with Crippen molar-refractivity contribution in [2.45, 2.75) is 64.5 Å². The zero-order chi connectivity index (χ0) is 22.6. The lowest BCUT2D eigenvalue weighted by Gasteiger charge is -2.28. The minimum atomic E-state index is -0.678. The van der Waals surface area contributed by atoms with Gasteiger partial charge in [-0.05, 0) is 32.6 Å². The summed E-state index contributed by atoms with van der Waals surface area (Å²) in [7, 11) is 1.69. The normalized spacial score (nSPS) is 18.3. The van der Waals surface area contributed by atoms with Gasteiger partial charge in [0, 0.05) is 19.3 Å². The van der Waals surface area contributed by atoms with E-state index in [1.807, 2.05) is 13.8 Å². The van der Waals surface area contributed by atoms with Crippen molar-refractivity contribution in [2.24, 2.45) is 4.99 Å². The monoisotopic (exact) mass is 429 g/mol. The Bertz CT molecular complexity index is 987. The molecule has 4 N–H and O–H groups in total. The van der Waals surface area contributed by atoms with E-state index in [0.29, 0.717) is 29.7 Å². The number of rotatable bonds is 9. The maximum Gasteiger partial charge on any atom is 0.283 e. The number of anilines is 1.